The molecule has 2 heterocycles. The first-order chi connectivity index (χ1) is 10.4. The number of ketones is 1. The van der Waals surface area contributed by atoms with E-state index < -0.39 is 12.2 Å². The minimum atomic E-state index is -0.525. The van der Waals surface area contributed by atoms with Crippen molar-refractivity contribution in [3.8, 4) is 0 Å². The van der Waals surface area contributed by atoms with Gasteiger partial charge < -0.3 is 18.9 Å². The van der Waals surface area contributed by atoms with E-state index in [-0.39, 0.29) is 29.0 Å². The minimum absolute atomic E-state index is 0.00816. The molecule has 6 atom stereocenters. The second-order valence-corrected chi connectivity index (χ2v) is 7.13. The van der Waals surface area contributed by atoms with Gasteiger partial charge in [0.05, 0.1) is 18.6 Å². The maximum Gasteiger partial charge on any atom is 0.190 e. The molecular formula is C17H26O5. The highest BCUT2D eigenvalue weighted by molar-refractivity contribution is 5.89. The van der Waals surface area contributed by atoms with Gasteiger partial charge in [0.1, 0.15) is 23.4 Å². The molecular weight excluding hydrogens is 284 g/mol. The van der Waals surface area contributed by atoms with E-state index in [1.807, 2.05) is 0 Å². The second-order valence-electron chi connectivity index (χ2n) is 7.13. The Hall–Kier alpha value is -0.750. The largest absolute Gasteiger partial charge is 0.373 e. The zero-order valence-electron chi connectivity index (χ0n) is 14.0. The summed E-state index contributed by atoms with van der Waals surface area (Å²) in [7, 11) is 3.15. The molecule has 0 amide bonds. The first kappa shape index (κ1) is 16.1. The summed E-state index contributed by atoms with van der Waals surface area (Å²) in [5, 5.41) is 0. The highest BCUT2D eigenvalue weighted by Gasteiger charge is 2.73. The SMILES string of the molecule is COC1CC2(CO2)C(C2(C)OC2CC=C(C)C)C(OC)C1=O. The Morgan fingerprint density at radius 2 is 2.05 bits per heavy atom. The summed E-state index contributed by atoms with van der Waals surface area (Å²) in [5.41, 5.74) is 0.582. The predicted octanol–water partition coefficient (Wildman–Crippen LogP) is 1.89. The van der Waals surface area contributed by atoms with Crippen molar-refractivity contribution in [1.29, 1.82) is 0 Å². The van der Waals surface area contributed by atoms with Gasteiger partial charge in [-0.05, 0) is 27.2 Å². The topological polar surface area (TPSA) is 60.6 Å². The zero-order valence-corrected chi connectivity index (χ0v) is 14.0. The molecule has 0 aromatic carbocycles. The van der Waals surface area contributed by atoms with Crippen LogP contribution in [0.25, 0.3) is 0 Å². The highest BCUT2D eigenvalue weighted by atomic mass is 16.6. The maximum absolute atomic E-state index is 12.6. The Kier molecular flexibility index (Phi) is 3.96. The van der Waals surface area contributed by atoms with Crippen molar-refractivity contribution >= 4 is 5.78 Å². The molecule has 5 heteroatoms. The van der Waals surface area contributed by atoms with Gasteiger partial charge in [-0.1, -0.05) is 11.6 Å². The number of carbonyl (C=O) groups is 1. The van der Waals surface area contributed by atoms with Crippen molar-refractivity contribution in [2.45, 2.75) is 63.1 Å². The summed E-state index contributed by atoms with van der Waals surface area (Å²) < 4.78 is 22.7. The molecule has 124 valence electrons. The normalized spacial score (nSPS) is 46.7. The summed E-state index contributed by atoms with van der Waals surface area (Å²) in [4.78, 5) is 12.6. The van der Waals surface area contributed by atoms with Gasteiger partial charge in [-0.2, -0.15) is 0 Å². The van der Waals surface area contributed by atoms with Crippen molar-refractivity contribution in [1.82, 2.24) is 0 Å². The van der Waals surface area contributed by atoms with Crippen LogP contribution in [0, 0.1) is 5.92 Å². The lowest BCUT2D eigenvalue weighted by Crippen LogP contribution is -2.58. The third kappa shape index (κ3) is 2.44. The zero-order chi connectivity index (χ0) is 16.1. The Morgan fingerprint density at radius 3 is 2.55 bits per heavy atom. The number of ether oxygens (including phenoxy) is 4. The fourth-order valence-electron chi connectivity index (χ4n) is 4.00. The quantitative estimate of drug-likeness (QED) is 0.573. The summed E-state index contributed by atoms with van der Waals surface area (Å²) in [5.74, 6) is -0.0618. The standard InChI is InChI=1S/C17H26O5/c1-10(2)6-7-12-16(3,22-12)15-14(20-5)13(18)11(19-4)8-17(15)9-21-17/h6,11-12,14-15H,7-9H2,1-5H3. The van der Waals surface area contributed by atoms with Gasteiger partial charge in [-0.25, -0.2) is 0 Å². The summed E-state index contributed by atoms with van der Waals surface area (Å²) >= 11 is 0. The van der Waals surface area contributed by atoms with Gasteiger partial charge in [-0.3, -0.25) is 4.79 Å². The van der Waals surface area contributed by atoms with Crippen LogP contribution in [0.15, 0.2) is 11.6 Å². The van der Waals surface area contributed by atoms with Gasteiger partial charge in [-0.15, -0.1) is 0 Å². The third-order valence-electron chi connectivity index (χ3n) is 5.39. The van der Waals surface area contributed by atoms with Crippen LogP contribution >= 0.6 is 0 Å². The van der Waals surface area contributed by atoms with Crippen LogP contribution in [-0.4, -0.2) is 56.1 Å². The molecule has 2 saturated heterocycles. The number of allylic oxidation sites excluding steroid dienone is 1. The smallest absolute Gasteiger partial charge is 0.190 e. The molecule has 2 aliphatic heterocycles. The van der Waals surface area contributed by atoms with Crippen molar-refractivity contribution in [2.75, 3.05) is 20.8 Å². The van der Waals surface area contributed by atoms with E-state index in [0.29, 0.717) is 13.0 Å². The number of rotatable bonds is 5. The van der Waals surface area contributed by atoms with E-state index in [0.717, 1.165) is 6.42 Å². The first-order valence-electron chi connectivity index (χ1n) is 7.92. The second kappa shape index (κ2) is 5.41. The Labute approximate surface area is 131 Å². The van der Waals surface area contributed by atoms with E-state index in [1.54, 1.807) is 14.2 Å². The van der Waals surface area contributed by atoms with Crippen LogP contribution in [0.1, 0.15) is 33.6 Å². The third-order valence-corrected chi connectivity index (χ3v) is 5.39. The van der Waals surface area contributed by atoms with Crippen LogP contribution in [0.2, 0.25) is 0 Å². The maximum atomic E-state index is 12.6. The van der Waals surface area contributed by atoms with Crippen molar-refractivity contribution in [2.24, 2.45) is 5.92 Å². The average molecular weight is 310 g/mol. The number of hydrogen-bond donors (Lipinski definition) is 0. The molecule has 0 aromatic rings. The Morgan fingerprint density at radius 1 is 1.36 bits per heavy atom. The van der Waals surface area contributed by atoms with Crippen molar-refractivity contribution in [3.63, 3.8) is 0 Å². The molecule has 22 heavy (non-hydrogen) atoms. The molecule has 0 aromatic heterocycles. The van der Waals surface area contributed by atoms with Gasteiger partial charge >= 0.3 is 0 Å². The van der Waals surface area contributed by atoms with Crippen LogP contribution < -0.4 is 0 Å². The highest BCUT2D eigenvalue weighted by Crippen LogP contribution is 2.58. The van der Waals surface area contributed by atoms with Gasteiger partial charge in [0.15, 0.2) is 5.78 Å². The molecule has 1 spiro atoms. The van der Waals surface area contributed by atoms with Crippen LogP contribution in [0.4, 0.5) is 0 Å². The lowest BCUT2D eigenvalue weighted by Gasteiger charge is -2.40. The van der Waals surface area contributed by atoms with Gasteiger partial charge in [0.25, 0.3) is 0 Å². The average Bonchev–Trinajstić information content (AvgIpc) is 3.37. The number of carbonyl (C=O) groups excluding carboxylic acids is 1. The molecule has 5 nitrogen and oxygen atoms in total. The molecule has 6 unspecified atom stereocenters. The van der Waals surface area contributed by atoms with E-state index >= 15 is 0 Å². The Bertz CT molecular complexity index is 491. The van der Waals surface area contributed by atoms with Crippen LogP contribution in [0.3, 0.4) is 0 Å². The molecule has 0 N–H and O–H groups in total. The van der Waals surface area contributed by atoms with E-state index in [2.05, 4.69) is 26.8 Å². The monoisotopic (exact) mass is 310 g/mol. The fraction of sp³-hybridized carbons (Fsp3) is 0.824. The summed E-state index contributed by atoms with van der Waals surface area (Å²) in [6.45, 7) is 6.89. The van der Waals surface area contributed by atoms with Crippen molar-refractivity contribution in [3.05, 3.63) is 11.6 Å². The number of hydrogen-bond acceptors (Lipinski definition) is 5. The molecule has 3 rings (SSSR count). The summed E-state index contributed by atoms with van der Waals surface area (Å²) in [6.07, 6.45) is 2.80. The molecule has 0 radical (unpaired) electrons. The lowest BCUT2D eigenvalue weighted by molar-refractivity contribution is -0.157. The van der Waals surface area contributed by atoms with E-state index in [9.17, 15) is 4.79 Å². The molecule has 1 aliphatic carbocycles. The number of methoxy groups -OCH3 is 2. The molecule has 0 bridgehead atoms. The Balaban J connectivity index is 1.83. The molecule has 3 fully saturated rings. The van der Waals surface area contributed by atoms with E-state index in [1.165, 1.54) is 5.57 Å². The van der Waals surface area contributed by atoms with E-state index in [4.69, 9.17) is 18.9 Å². The van der Waals surface area contributed by atoms with Crippen LogP contribution in [-0.2, 0) is 23.7 Å². The minimum Gasteiger partial charge on any atom is -0.373 e. The summed E-state index contributed by atoms with van der Waals surface area (Å²) in [6, 6.07) is 0. The first-order valence-corrected chi connectivity index (χ1v) is 7.92. The predicted molar refractivity (Wildman–Crippen MR) is 80.7 cm³/mol. The van der Waals surface area contributed by atoms with Gasteiger partial charge in [0.2, 0.25) is 0 Å². The van der Waals surface area contributed by atoms with Crippen LogP contribution in [0.5, 0.6) is 0 Å². The lowest BCUT2D eigenvalue weighted by atomic mass is 9.68. The van der Waals surface area contributed by atoms with Gasteiger partial charge in [0, 0.05) is 20.6 Å². The van der Waals surface area contributed by atoms with Crippen molar-refractivity contribution < 1.29 is 23.7 Å². The molecule has 1 saturated carbocycles. The molecule has 3 aliphatic rings. The number of epoxide rings is 2. The number of Topliss-reactive ketones (excluding diaryl/α,β-unsaturated/α-hetero) is 1. The fourth-order valence-corrected chi connectivity index (χ4v) is 4.00.